The van der Waals surface area contributed by atoms with Crippen LogP contribution in [0.4, 0.5) is 0 Å². The highest BCUT2D eigenvalue weighted by molar-refractivity contribution is 6.30. The molecule has 0 spiro atoms. The maximum Gasteiger partial charge on any atom is 0.237 e. The van der Waals surface area contributed by atoms with Crippen molar-refractivity contribution >= 4 is 17.5 Å². The lowest BCUT2D eigenvalue weighted by Gasteiger charge is -2.25. The molecule has 2 nitrogen and oxygen atoms in total. The highest BCUT2D eigenvalue weighted by Crippen LogP contribution is 2.23. The molecule has 0 aromatic rings. The summed E-state index contributed by atoms with van der Waals surface area (Å²) in [5, 5.41) is 2.46. The molecule has 16 heavy (non-hydrogen) atoms. The fourth-order valence-electron chi connectivity index (χ4n) is 1.59. The van der Waals surface area contributed by atoms with Crippen LogP contribution < -0.4 is 5.32 Å². The second-order valence-electron chi connectivity index (χ2n) is 5.31. The predicted molar refractivity (Wildman–Crippen MR) is 70.9 cm³/mol. The molecule has 1 amide bonds. The Morgan fingerprint density at radius 3 is 2.44 bits per heavy atom. The van der Waals surface area contributed by atoms with Crippen molar-refractivity contribution in [2.24, 2.45) is 5.41 Å². The fourth-order valence-corrected chi connectivity index (χ4v) is 1.66. The number of amides is 1. The molecule has 1 N–H and O–H groups in total. The summed E-state index contributed by atoms with van der Waals surface area (Å²) in [5.41, 5.74) is 0.176. The third kappa shape index (κ3) is 7.98. The van der Waals surface area contributed by atoms with Gasteiger partial charge in [-0.2, -0.15) is 0 Å². The summed E-state index contributed by atoms with van der Waals surface area (Å²) >= 11 is 5.69. The predicted octanol–water partition coefficient (Wildman–Crippen LogP) is 3.73. The Labute approximate surface area is 105 Å². The van der Waals surface area contributed by atoms with Gasteiger partial charge in [0.1, 0.15) is 5.38 Å². The number of halogens is 1. The smallest absolute Gasteiger partial charge is 0.237 e. The topological polar surface area (TPSA) is 29.1 Å². The Morgan fingerprint density at radius 2 is 1.94 bits per heavy atom. The van der Waals surface area contributed by atoms with Gasteiger partial charge in [-0.1, -0.05) is 46.5 Å². The van der Waals surface area contributed by atoms with E-state index in [1.165, 1.54) is 25.7 Å². The van der Waals surface area contributed by atoms with Crippen molar-refractivity contribution < 1.29 is 4.79 Å². The molecule has 96 valence electrons. The first-order chi connectivity index (χ1) is 7.39. The van der Waals surface area contributed by atoms with Gasteiger partial charge in [-0.3, -0.25) is 4.79 Å². The molecule has 0 saturated heterocycles. The zero-order chi connectivity index (χ0) is 12.6. The van der Waals surface area contributed by atoms with Gasteiger partial charge < -0.3 is 5.32 Å². The average Bonchev–Trinajstić information content (AvgIpc) is 2.21. The van der Waals surface area contributed by atoms with Crippen LogP contribution in [0.15, 0.2) is 0 Å². The standard InChI is InChI=1S/C13H26ClNO/c1-5-6-7-8-9-13(3,4)10-15-12(16)11(2)14/h11H,5-10H2,1-4H3,(H,15,16)/t11-/m0/s1. The molecule has 0 aromatic carbocycles. The molecule has 0 unspecified atom stereocenters. The SMILES string of the molecule is CCCCCCC(C)(C)CNC(=O)[C@H](C)Cl. The van der Waals surface area contributed by atoms with Crippen LogP contribution in [0.3, 0.4) is 0 Å². The number of carbonyl (C=O) groups excluding carboxylic acids is 1. The zero-order valence-electron chi connectivity index (χ0n) is 11.1. The van der Waals surface area contributed by atoms with Crippen molar-refractivity contribution in [3.05, 3.63) is 0 Å². The minimum absolute atomic E-state index is 0.0664. The molecule has 0 radical (unpaired) electrons. The van der Waals surface area contributed by atoms with Crippen molar-refractivity contribution in [1.29, 1.82) is 0 Å². The summed E-state index contributed by atoms with van der Waals surface area (Å²) in [6, 6.07) is 0. The van der Waals surface area contributed by atoms with E-state index in [-0.39, 0.29) is 11.3 Å². The van der Waals surface area contributed by atoms with Gasteiger partial charge >= 0.3 is 0 Å². The minimum atomic E-state index is -0.434. The molecule has 3 heteroatoms. The lowest BCUT2D eigenvalue weighted by molar-refractivity contribution is -0.120. The number of nitrogens with one attached hydrogen (secondary N) is 1. The molecule has 0 aliphatic heterocycles. The van der Waals surface area contributed by atoms with E-state index in [0.29, 0.717) is 0 Å². The monoisotopic (exact) mass is 247 g/mol. The molecule has 1 atom stereocenters. The van der Waals surface area contributed by atoms with Crippen LogP contribution in [-0.2, 0) is 4.79 Å². The van der Waals surface area contributed by atoms with E-state index in [2.05, 4.69) is 26.1 Å². The summed E-state index contributed by atoms with van der Waals surface area (Å²) in [6.07, 6.45) is 6.26. The molecule has 0 aliphatic rings. The third-order valence-electron chi connectivity index (χ3n) is 2.81. The number of unbranched alkanes of at least 4 members (excludes halogenated alkanes) is 3. The van der Waals surface area contributed by atoms with E-state index >= 15 is 0 Å². The van der Waals surface area contributed by atoms with Crippen LogP contribution in [0.2, 0.25) is 0 Å². The summed E-state index contributed by atoms with van der Waals surface area (Å²) in [7, 11) is 0. The Hall–Kier alpha value is -0.240. The molecule has 0 fully saturated rings. The molecule has 0 aliphatic carbocycles. The summed E-state index contributed by atoms with van der Waals surface area (Å²) in [6.45, 7) is 9.02. The highest BCUT2D eigenvalue weighted by Gasteiger charge is 2.19. The first-order valence-electron chi connectivity index (χ1n) is 6.31. The molecule has 0 aromatic heterocycles. The van der Waals surface area contributed by atoms with E-state index in [4.69, 9.17) is 11.6 Å². The van der Waals surface area contributed by atoms with Gasteiger partial charge in [0.25, 0.3) is 0 Å². The van der Waals surface area contributed by atoms with Crippen LogP contribution in [0.5, 0.6) is 0 Å². The molecule has 0 rings (SSSR count). The highest BCUT2D eigenvalue weighted by atomic mass is 35.5. The lowest BCUT2D eigenvalue weighted by Crippen LogP contribution is -2.37. The Morgan fingerprint density at radius 1 is 1.31 bits per heavy atom. The Balaban J connectivity index is 3.73. The molecular formula is C13H26ClNO. The Bertz CT molecular complexity index is 202. The number of hydrogen-bond acceptors (Lipinski definition) is 1. The van der Waals surface area contributed by atoms with E-state index in [1.54, 1.807) is 6.92 Å². The van der Waals surface area contributed by atoms with E-state index in [0.717, 1.165) is 13.0 Å². The van der Waals surface area contributed by atoms with Crippen LogP contribution in [0, 0.1) is 5.41 Å². The van der Waals surface area contributed by atoms with Gasteiger partial charge in [0.05, 0.1) is 0 Å². The van der Waals surface area contributed by atoms with Gasteiger partial charge in [0, 0.05) is 6.54 Å². The lowest BCUT2D eigenvalue weighted by atomic mass is 9.86. The average molecular weight is 248 g/mol. The normalized spacial score (nSPS) is 13.6. The van der Waals surface area contributed by atoms with Crippen molar-refractivity contribution in [2.45, 2.75) is 65.2 Å². The van der Waals surface area contributed by atoms with Crippen LogP contribution >= 0.6 is 11.6 Å². The third-order valence-corrected chi connectivity index (χ3v) is 3.01. The fraction of sp³-hybridized carbons (Fsp3) is 0.923. The van der Waals surface area contributed by atoms with Crippen LogP contribution in [0.1, 0.15) is 59.8 Å². The van der Waals surface area contributed by atoms with Crippen molar-refractivity contribution in [3.63, 3.8) is 0 Å². The maximum absolute atomic E-state index is 11.3. The summed E-state index contributed by atoms with van der Waals surface area (Å²) < 4.78 is 0. The van der Waals surface area contributed by atoms with E-state index in [1.807, 2.05) is 0 Å². The second kappa shape index (κ2) is 7.94. The summed E-state index contributed by atoms with van der Waals surface area (Å²) in [5.74, 6) is -0.0664. The van der Waals surface area contributed by atoms with Crippen LogP contribution in [0.25, 0.3) is 0 Å². The first kappa shape index (κ1) is 15.8. The van der Waals surface area contributed by atoms with E-state index in [9.17, 15) is 4.79 Å². The largest absolute Gasteiger partial charge is 0.354 e. The second-order valence-corrected chi connectivity index (χ2v) is 5.96. The number of carbonyl (C=O) groups is 1. The zero-order valence-corrected chi connectivity index (χ0v) is 11.9. The number of rotatable bonds is 8. The molecular weight excluding hydrogens is 222 g/mol. The first-order valence-corrected chi connectivity index (χ1v) is 6.74. The number of hydrogen-bond donors (Lipinski definition) is 1. The quantitative estimate of drug-likeness (QED) is 0.514. The summed E-state index contributed by atoms with van der Waals surface area (Å²) in [4.78, 5) is 11.3. The van der Waals surface area contributed by atoms with Crippen LogP contribution in [-0.4, -0.2) is 17.8 Å². The van der Waals surface area contributed by atoms with Crippen molar-refractivity contribution in [1.82, 2.24) is 5.32 Å². The van der Waals surface area contributed by atoms with Gasteiger partial charge in [-0.25, -0.2) is 0 Å². The van der Waals surface area contributed by atoms with Gasteiger partial charge in [0.2, 0.25) is 5.91 Å². The molecule has 0 saturated carbocycles. The van der Waals surface area contributed by atoms with Gasteiger partial charge in [-0.15, -0.1) is 11.6 Å². The molecule has 0 heterocycles. The van der Waals surface area contributed by atoms with Gasteiger partial charge in [0.15, 0.2) is 0 Å². The van der Waals surface area contributed by atoms with Crippen molar-refractivity contribution in [3.8, 4) is 0 Å². The Kier molecular flexibility index (Phi) is 7.82. The van der Waals surface area contributed by atoms with Gasteiger partial charge in [-0.05, 0) is 18.8 Å². The number of alkyl halides is 1. The minimum Gasteiger partial charge on any atom is -0.354 e. The maximum atomic E-state index is 11.3. The van der Waals surface area contributed by atoms with E-state index < -0.39 is 5.38 Å². The molecule has 0 bridgehead atoms. The van der Waals surface area contributed by atoms with Crippen molar-refractivity contribution in [2.75, 3.05) is 6.54 Å².